The molecule has 0 saturated carbocycles. The third-order valence-electron chi connectivity index (χ3n) is 3.57. The fourth-order valence-electron chi connectivity index (χ4n) is 2.14. The van der Waals surface area contributed by atoms with Gasteiger partial charge in [-0.15, -0.1) is 0 Å². The maximum absolute atomic E-state index is 12.0. The average Bonchev–Trinajstić information content (AvgIpc) is 2.35. The van der Waals surface area contributed by atoms with Gasteiger partial charge in [0.1, 0.15) is 6.54 Å². The van der Waals surface area contributed by atoms with Crippen LogP contribution in [0, 0.1) is 0 Å². The molecule has 0 bridgehead atoms. The van der Waals surface area contributed by atoms with Crippen LogP contribution in [0.25, 0.3) is 0 Å². The van der Waals surface area contributed by atoms with Crippen molar-refractivity contribution in [3.05, 3.63) is 0 Å². The van der Waals surface area contributed by atoms with Crippen LogP contribution in [-0.4, -0.2) is 71.6 Å². The quantitative estimate of drug-likeness (QED) is 0.701. The molecule has 1 heterocycles. The molecule has 1 amide bonds. The first kappa shape index (κ1) is 14.9. The van der Waals surface area contributed by atoms with Crippen molar-refractivity contribution >= 4 is 11.9 Å². The number of amides is 1. The molecule has 104 valence electrons. The first-order valence-electron chi connectivity index (χ1n) is 6.35. The number of carboxylic acid groups (broad SMARTS) is 1. The van der Waals surface area contributed by atoms with Crippen molar-refractivity contribution in [2.24, 2.45) is 0 Å². The maximum atomic E-state index is 12.0. The van der Waals surface area contributed by atoms with E-state index in [-0.39, 0.29) is 12.5 Å². The number of piperazine rings is 1. The van der Waals surface area contributed by atoms with E-state index in [2.05, 4.69) is 22.0 Å². The fraction of sp³-hybridized carbons (Fsp3) is 0.833. The zero-order chi connectivity index (χ0) is 13.8. The van der Waals surface area contributed by atoms with Crippen molar-refractivity contribution in [2.75, 3.05) is 39.3 Å². The van der Waals surface area contributed by atoms with Crippen LogP contribution in [-0.2, 0) is 9.59 Å². The number of carbonyl (C=O) groups excluding carboxylic acids is 1. The Kier molecular flexibility index (Phi) is 5.10. The summed E-state index contributed by atoms with van der Waals surface area (Å²) in [5.74, 6) is -1.25. The van der Waals surface area contributed by atoms with Crippen LogP contribution in [0.15, 0.2) is 0 Å². The summed E-state index contributed by atoms with van der Waals surface area (Å²) in [5, 5.41) is 11.0. The molecule has 1 aliphatic rings. The molecule has 6 nitrogen and oxygen atoms in total. The van der Waals surface area contributed by atoms with Crippen LogP contribution < -0.4 is 5.32 Å². The predicted molar refractivity (Wildman–Crippen MR) is 68.4 cm³/mol. The molecule has 0 aromatic carbocycles. The highest BCUT2D eigenvalue weighted by Crippen LogP contribution is 2.17. The topological polar surface area (TPSA) is 72.9 Å². The zero-order valence-electron chi connectivity index (χ0n) is 11.4. The van der Waals surface area contributed by atoms with E-state index in [1.807, 2.05) is 13.8 Å². The van der Waals surface area contributed by atoms with Gasteiger partial charge in [0.25, 0.3) is 0 Å². The van der Waals surface area contributed by atoms with Crippen molar-refractivity contribution in [3.8, 4) is 0 Å². The molecule has 1 saturated heterocycles. The standard InChI is InChI=1S/C12H23N3O3/c1-4-14-5-7-15(8-6-14)12(2,3)11(18)13-9-10(16)17/h4-9H2,1-3H3,(H,13,18)(H,16,17). The summed E-state index contributed by atoms with van der Waals surface area (Å²) in [7, 11) is 0. The summed E-state index contributed by atoms with van der Waals surface area (Å²) >= 11 is 0. The third-order valence-corrected chi connectivity index (χ3v) is 3.57. The van der Waals surface area contributed by atoms with Crippen LogP contribution in [0.5, 0.6) is 0 Å². The van der Waals surface area contributed by atoms with Crippen LogP contribution >= 0.6 is 0 Å². The fourth-order valence-corrected chi connectivity index (χ4v) is 2.14. The van der Waals surface area contributed by atoms with Crippen LogP contribution in [0.3, 0.4) is 0 Å². The second-order valence-corrected chi connectivity index (χ2v) is 5.06. The van der Waals surface area contributed by atoms with Crippen molar-refractivity contribution in [3.63, 3.8) is 0 Å². The lowest BCUT2D eigenvalue weighted by atomic mass is 10.0. The number of rotatable bonds is 5. The van der Waals surface area contributed by atoms with Gasteiger partial charge in [-0.1, -0.05) is 6.92 Å². The lowest BCUT2D eigenvalue weighted by Gasteiger charge is -2.42. The van der Waals surface area contributed by atoms with Gasteiger partial charge in [0.15, 0.2) is 0 Å². The Balaban J connectivity index is 2.52. The number of likely N-dealkylation sites (N-methyl/N-ethyl adjacent to an activating group) is 1. The summed E-state index contributed by atoms with van der Waals surface area (Å²) in [5.41, 5.74) is -0.657. The highest BCUT2D eigenvalue weighted by molar-refractivity contribution is 5.88. The number of aliphatic carboxylic acids is 1. The minimum atomic E-state index is -1.02. The van der Waals surface area contributed by atoms with Gasteiger partial charge in [0.2, 0.25) is 5.91 Å². The SMILES string of the molecule is CCN1CCN(C(C)(C)C(=O)NCC(=O)O)CC1. The molecule has 0 radical (unpaired) electrons. The van der Waals surface area contributed by atoms with Crippen molar-refractivity contribution in [2.45, 2.75) is 26.3 Å². The summed E-state index contributed by atoms with van der Waals surface area (Å²) in [6.07, 6.45) is 0. The minimum absolute atomic E-state index is 0.227. The van der Waals surface area contributed by atoms with Crippen LogP contribution in [0.2, 0.25) is 0 Å². The maximum Gasteiger partial charge on any atom is 0.322 e. The largest absolute Gasteiger partial charge is 0.480 e. The van der Waals surface area contributed by atoms with E-state index in [1.165, 1.54) is 0 Å². The Bertz CT molecular complexity index is 310. The van der Waals surface area contributed by atoms with Gasteiger partial charge in [-0.2, -0.15) is 0 Å². The first-order valence-corrected chi connectivity index (χ1v) is 6.35. The van der Waals surface area contributed by atoms with Gasteiger partial charge in [-0.3, -0.25) is 14.5 Å². The summed E-state index contributed by atoms with van der Waals surface area (Å²) in [6, 6.07) is 0. The second-order valence-electron chi connectivity index (χ2n) is 5.06. The number of hydrogen-bond acceptors (Lipinski definition) is 4. The molecule has 6 heteroatoms. The van der Waals surface area contributed by atoms with Gasteiger partial charge in [-0.05, 0) is 20.4 Å². The van der Waals surface area contributed by atoms with E-state index < -0.39 is 11.5 Å². The molecule has 0 atom stereocenters. The molecule has 0 aromatic rings. The van der Waals surface area contributed by atoms with Gasteiger partial charge >= 0.3 is 5.97 Å². The van der Waals surface area contributed by atoms with Gasteiger partial charge in [0, 0.05) is 26.2 Å². The average molecular weight is 257 g/mol. The Morgan fingerprint density at radius 1 is 1.22 bits per heavy atom. The van der Waals surface area contributed by atoms with Crippen molar-refractivity contribution < 1.29 is 14.7 Å². The van der Waals surface area contributed by atoms with E-state index in [4.69, 9.17) is 5.11 Å². The van der Waals surface area contributed by atoms with Gasteiger partial charge < -0.3 is 15.3 Å². The van der Waals surface area contributed by atoms with E-state index in [1.54, 1.807) is 0 Å². The molecule has 0 spiro atoms. The summed E-state index contributed by atoms with van der Waals surface area (Å²) in [6.45, 7) is 10.1. The van der Waals surface area contributed by atoms with E-state index in [9.17, 15) is 9.59 Å². The van der Waals surface area contributed by atoms with Crippen LogP contribution in [0.4, 0.5) is 0 Å². The number of nitrogens with one attached hydrogen (secondary N) is 1. The molecule has 0 unspecified atom stereocenters. The molecule has 18 heavy (non-hydrogen) atoms. The molecular formula is C12H23N3O3. The summed E-state index contributed by atoms with van der Waals surface area (Å²) in [4.78, 5) is 26.9. The lowest BCUT2D eigenvalue weighted by molar-refractivity contribution is -0.140. The molecule has 0 aliphatic carbocycles. The van der Waals surface area contributed by atoms with Gasteiger partial charge in [-0.25, -0.2) is 0 Å². The predicted octanol–water partition coefficient (Wildman–Crippen LogP) is -0.397. The number of nitrogens with zero attached hydrogens (tertiary/aromatic N) is 2. The summed E-state index contributed by atoms with van der Waals surface area (Å²) < 4.78 is 0. The second kappa shape index (κ2) is 6.15. The van der Waals surface area contributed by atoms with E-state index in [0.717, 1.165) is 32.7 Å². The first-order chi connectivity index (χ1) is 8.37. The van der Waals surface area contributed by atoms with Crippen molar-refractivity contribution in [1.29, 1.82) is 0 Å². The molecule has 2 N–H and O–H groups in total. The normalized spacial score (nSPS) is 18.6. The Hall–Kier alpha value is -1.14. The monoisotopic (exact) mass is 257 g/mol. The highest BCUT2D eigenvalue weighted by atomic mass is 16.4. The molecule has 1 rings (SSSR count). The highest BCUT2D eigenvalue weighted by Gasteiger charge is 2.36. The Morgan fingerprint density at radius 3 is 2.22 bits per heavy atom. The Morgan fingerprint density at radius 2 is 1.78 bits per heavy atom. The molecule has 1 fully saturated rings. The molecule has 0 aromatic heterocycles. The van der Waals surface area contributed by atoms with E-state index in [0.29, 0.717) is 0 Å². The van der Waals surface area contributed by atoms with E-state index >= 15 is 0 Å². The lowest BCUT2D eigenvalue weighted by Crippen LogP contribution is -2.60. The number of carbonyl (C=O) groups is 2. The van der Waals surface area contributed by atoms with Crippen LogP contribution in [0.1, 0.15) is 20.8 Å². The van der Waals surface area contributed by atoms with Gasteiger partial charge in [0.05, 0.1) is 5.54 Å². The third kappa shape index (κ3) is 3.68. The molecular weight excluding hydrogens is 234 g/mol. The Labute approximate surface area is 108 Å². The zero-order valence-corrected chi connectivity index (χ0v) is 11.4. The minimum Gasteiger partial charge on any atom is -0.480 e. The number of hydrogen-bond donors (Lipinski definition) is 2. The molecule has 1 aliphatic heterocycles. The van der Waals surface area contributed by atoms with Crippen molar-refractivity contribution in [1.82, 2.24) is 15.1 Å². The number of carboxylic acids is 1. The smallest absolute Gasteiger partial charge is 0.322 e.